The molecule has 3 rings (SSSR count). The Morgan fingerprint density at radius 1 is 1.24 bits per heavy atom. The Labute approximate surface area is 122 Å². The van der Waals surface area contributed by atoms with Crippen LogP contribution >= 0.6 is 0 Å². The third-order valence-electron chi connectivity index (χ3n) is 3.72. The molecular weight excluding hydrogens is 274 g/mol. The van der Waals surface area contributed by atoms with E-state index in [1.54, 1.807) is 11.1 Å². The summed E-state index contributed by atoms with van der Waals surface area (Å²) in [6.07, 6.45) is 3.60. The third kappa shape index (κ3) is 2.76. The van der Waals surface area contributed by atoms with Crippen molar-refractivity contribution in [3.05, 3.63) is 47.5 Å². The van der Waals surface area contributed by atoms with Crippen LogP contribution in [-0.2, 0) is 19.6 Å². The molecule has 0 spiro atoms. The second-order valence-corrected chi connectivity index (χ2v) is 5.15. The highest BCUT2D eigenvalue weighted by molar-refractivity contribution is 5.51. The zero-order valence-electron chi connectivity index (χ0n) is 11.9. The van der Waals surface area contributed by atoms with Gasteiger partial charge in [0.15, 0.2) is 0 Å². The summed E-state index contributed by atoms with van der Waals surface area (Å²) in [6, 6.07) is 2.81. The van der Waals surface area contributed by atoms with E-state index in [0.717, 1.165) is 12.4 Å². The Morgan fingerprint density at radius 3 is 2.71 bits per heavy atom. The van der Waals surface area contributed by atoms with Gasteiger partial charge in [0.1, 0.15) is 23.1 Å². The van der Waals surface area contributed by atoms with Gasteiger partial charge in [-0.2, -0.15) is 0 Å². The van der Waals surface area contributed by atoms with Gasteiger partial charge < -0.3 is 14.8 Å². The van der Waals surface area contributed by atoms with Crippen LogP contribution in [0.1, 0.15) is 18.3 Å². The van der Waals surface area contributed by atoms with Crippen LogP contribution in [0.2, 0.25) is 0 Å². The molecule has 0 aliphatic carbocycles. The summed E-state index contributed by atoms with van der Waals surface area (Å²) in [5, 5.41) is 3.07. The molecule has 1 aliphatic heterocycles. The van der Waals surface area contributed by atoms with Crippen molar-refractivity contribution in [2.45, 2.75) is 26.6 Å². The van der Waals surface area contributed by atoms with Crippen LogP contribution in [0.15, 0.2) is 24.5 Å². The normalized spacial score (nSPS) is 14.3. The smallest absolute Gasteiger partial charge is 0.149 e. The molecule has 0 bridgehead atoms. The number of rotatable bonds is 4. The molecule has 0 radical (unpaired) electrons. The molecule has 21 heavy (non-hydrogen) atoms. The molecule has 0 amide bonds. The topological polar surface area (TPSA) is 33.1 Å². The Balaban J connectivity index is 1.86. The van der Waals surface area contributed by atoms with Crippen LogP contribution in [0.5, 0.6) is 0 Å². The first kappa shape index (κ1) is 14.0. The number of aromatic nitrogens is 2. The number of nitrogens with zero attached hydrogens (tertiary/aromatic N) is 3. The lowest BCUT2D eigenvalue weighted by Gasteiger charge is -2.30. The molecule has 1 N–H and O–H groups in total. The molecule has 2 aromatic rings. The maximum atomic E-state index is 14.3. The van der Waals surface area contributed by atoms with Gasteiger partial charge in [0.2, 0.25) is 0 Å². The maximum Gasteiger partial charge on any atom is 0.149 e. The second kappa shape index (κ2) is 5.81. The zero-order valence-corrected chi connectivity index (χ0v) is 11.9. The van der Waals surface area contributed by atoms with Crippen molar-refractivity contribution in [3.63, 3.8) is 0 Å². The minimum absolute atomic E-state index is 0.0458. The third-order valence-corrected chi connectivity index (χ3v) is 3.72. The first-order chi connectivity index (χ1) is 10.2. The van der Waals surface area contributed by atoms with Crippen molar-refractivity contribution in [1.29, 1.82) is 0 Å². The number of hydrogen-bond donors (Lipinski definition) is 1. The largest absolute Gasteiger partial charge is 0.358 e. The number of fused-ring (bicyclic) bond motifs is 1. The molecule has 1 aromatic carbocycles. The number of imidazole rings is 1. The molecular formula is C15H18F2N4. The fourth-order valence-corrected chi connectivity index (χ4v) is 2.66. The van der Waals surface area contributed by atoms with Gasteiger partial charge in [-0.15, -0.1) is 0 Å². The van der Waals surface area contributed by atoms with Crippen molar-refractivity contribution < 1.29 is 8.78 Å². The summed E-state index contributed by atoms with van der Waals surface area (Å²) in [5.41, 5.74) is 0.665. The molecule has 6 heteroatoms. The average molecular weight is 292 g/mol. The number of benzene rings is 1. The van der Waals surface area contributed by atoms with Gasteiger partial charge in [0.05, 0.1) is 6.54 Å². The summed E-state index contributed by atoms with van der Waals surface area (Å²) in [7, 11) is 0. The zero-order chi connectivity index (χ0) is 14.8. The lowest BCUT2D eigenvalue weighted by atomic mass is 10.1. The molecule has 0 fully saturated rings. The van der Waals surface area contributed by atoms with Gasteiger partial charge in [0.25, 0.3) is 0 Å². The standard InChI is InChI=1S/C15H18F2N4/c1-2-18-9-11-7-12(16)15(13(17)8-11)21-6-5-20-4-3-19-14(20)10-21/h3-4,7-8,18H,2,5-6,9-10H2,1H3. The van der Waals surface area contributed by atoms with Crippen molar-refractivity contribution >= 4 is 5.69 Å². The summed E-state index contributed by atoms with van der Waals surface area (Å²) in [5.74, 6) is -0.192. The molecule has 2 heterocycles. The number of nitrogens with one attached hydrogen (secondary N) is 1. The first-order valence-electron chi connectivity index (χ1n) is 7.12. The lowest BCUT2D eigenvalue weighted by Crippen LogP contribution is -2.34. The van der Waals surface area contributed by atoms with Crippen LogP contribution in [0.25, 0.3) is 0 Å². The van der Waals surface area contributed by atoms with Gasteiger partial charge in [-0.3, -0.25) is 0 Å². The van der Waals surface area contributed by atoms with Gasteiger partial charge in [-0.25, -0.2) is 13.8 Å². The minimum atomic E-state index is -0.511. The summed E-state index contributed by atoms with van der Waals surface area (Å²) < 4.78 is 30.6. The summed E-state index contributed by atoms with van der Waals surface area (Å²) >= 11 is 0. The molecule has 112 valence electrons. The molecule has 0 saturated heterocycles. The van der Waals surface area contributed by atoms with Crippen LogP contribution < -0.4 is 10.2 Å². The van der Waals surface area contributed by atoms with E-state index in [1.807, 2.05) is 17.7 Å². The van der Waals surface area contributed by atoms with E-state index in [-0.39, 0.29) is 5.69 Å². The molecule has 0 unspecified atom stereocenters. The second-order valence-electron chi connectivity index (χ2n) is 5.15. The molecule has 1 aliphatic rings. The predicted molar refractivity (Wildman–Crippen MR) is 77.0 cm³/mol. The minimum Gasteiger partial charge on any atom is -0.358 e. The van der Waals surface area contributed by atoms with E-state index in [0.29, 0.717) is 31.7 Å². The average Bonchev–Trinajstić information content (AvgIpc) is 2.92. The van der Waals surface area contributed by atoms with Crippen molar-refractivity contribution in [2.75, 3.05) is 18.0 Å². The van der Waals surface area contributed by atoms with Gasteiger partial charge >= 0.3 is 0 Å². The lowest BCUT2D eigenvalue weighted by molar-refractivity contribution is 0.520. The van der Waals surface area contributed by atoms with Crippen molar-refractivity contribution in [1.82, 2.24) is 14.9 Å². The number of anilines is 1. The fraction of sp³-hybridized carbons (Fsp3) is 0.400. The van der Waals surface area contributed by atoms with Crippen LogP contribution in [0.3, 0.4) is 0 Å². The highest BCUT2D eigenvalue weighted by Crippen LogP contribution is 2.28. The highest BCUT2D eigenvalue weighted by Gasteiger charge is 2.23. The SMILES string of the molecule is CCNCc1cc(F)c(N2CCn3ccnc3C2)c(F)c1. The van der Waals surface area contributed by atoms with Crippen LogP contribution in [0, 0.1) is 11.6 Å². The van der Waals surface area contributed by atoms with E-state index < -0.39 is 11.6 Å². The maximum absolute atomic E-state index is 14.3. The Morgan fingerprint density at radius 2 is 2.00 bits per heavy atom. The highest BCUT2D eigenvalue weighted by atomic mass is 19.1. The predicted octanol–water partition coefficient (Wildman–Crippen LogP) is 2.29. The van der Waals surface area contributed by atoms with E-state index >= 15 is 0 Å². The molecule has 0 atom stereocenters. The Kier molecular flexibility index (Phi) is 3.88. The quantitative estimate of drug-likeness (QED) is 0.938. The van der Waals surface area contributed by atoms with Gasteiger partial charge in [-0.05, 0) is 24.2 Å². The Hall–Kier alpha value is -1.95. The van der Waals surface area contributed by atoms with Gasteiger partial charge in [0, 0.05) is 32.0 Å². The van der Waals surface area contributed by atoms with Crippen molar-refractivity contribution in [2.24, 2.45) is 0 Å². The molecule has 0 saturated carbocycles. The molecule has 4 nitrogen and oxygen atoms in total. The van der Waals surface area contributed by atoms with Crippen LogP contribution in [-0.4, -0.2) is 22.6 Å². The van der Waals surface area contributed by atoms with E-state index in [1.165, 1.54) is 12.1 Å². The fourth-order valence-electron chi connectivity index (χ4n) is 2.66. The Bertz CT molecular complexity index is 615. The van der Waals surface area contributed by atoms with Crippen LogP contribution in [0.4, 0.5) is 14.5 Å². The summed E-state index contributed by atoms with van der Waals surface area (Å²) in [6.45, 7) is 4.87. The molecule has 1 aromatic heterocycles. The van der Waals surface area contributed by atoms with Gasteiger partial charge in [-0.1, -0.05) is 6.92 Å². The van der Waals surface area contributed by atoms with E-state index in [4.69, 9.17) is 0 Å². The van der Waals surface area contributed by atoms with Crippen molar-refractivity contribution in [3.8, 4) is 0 Å². The first-order valence-corrected chi connectivity index (χ1v) is 7.12. The monoisotopic (exact) mass is 292 g/mol. The van der Waals surface area contributed by atoms with E-state index in [9.17, 15) is 8.78 Å². The number of hydrogen-bond acceptors (Lipinski definition) is 3. The van der Waals surface area contributed by atoms with E-state index in [2.05, 4.69) is 10.3 Å². The summed E-state index contributed by atoms with van der Waals surface area (Å²) in [4.78, 5) is 5.93. The number of halogens is 2.